The van der Waals surface area contributed by atoms with Crippen LogP contribution in [-0.4, -0.2) is 23.9 Å². The Hall–Kier alpha value is -1.58. The number of aromatic nitrogens is 1. The topological polar surface area (TPSA) is 66.0 Å². The van der Waals surface area contributed by atoms with Crippen molar-refractivity contribution in [2.45, 2.75) is 33.1 Å². The lowest BCUT2D eigenvalue weighted by molar-refractivity contribution is 0.238. The Morgan fingerprint density at radius 1 is 1.44 bits per heavy atom. The maximum absolute atomic E-state index is 7.33. The Labute approximate surface area is 109 Å². The first-order valence-corrected chi connectivity index (χ1v) is 6.59. The first-order valence-electron chi connectivity index (χ1n) is 6.59. The molecular weight excluding hydrogens is 224 g/mol. The molecule has 0 amide bonds. The minimum atomic E-state index is 0.0266. The molecule has 98 valence electrons. The van der Waals surface area contributed by atoms with Gasteiger partial charge < -0.3 is 10.6 Å². The van der Waals surface area contributed by atoms with Gasteiger partial charge in [0.1, 0.15) is 11.5 Å². The highest BCUT2D eigenvalue weighted by molar-refractivity contribution is 5.93. The van der Waals surface area contributed by atoms with Gasteiger partial charge in [-0.05, 0) is 30.4 Å². The van der Waals surface area contributed by atoms with Crippen LogP contribution in [0.25, 0.3) is 0 Å². The number of pyridine rings is 1. The number of amidine groups is 1. The van der Waals surface area contributed by atoms with Gasteiger partial charge >= 0.3 is 0 Å². The highest BCUT2D eigenvalue weighted by Gasteiger charge is 2.28. The number of anilines is 1. The van der Waals surface area contributed by atoms with Crippen molar-refractivity contribution >= 4 is 11.5 Å². The molecule has 0 aliphatic carbocycles. The van der Waals surface area contributed by atoms with Gasteiger partial charge in [-0.2, -0.15) is 0 Å². The van der Waals surface area contributed by atoms with Crippen LogP contribution in [0.3, 0.4) is 0 Å². The highest BCUT2D eigenvalue weighted by Crippen LogP contribution is 2.35. The van der Waals surface area contributed by atoms with Gasteiger partial charge in [0.05, 0.1) is 11.9 Å². The third-order valence-electron chi connectivity index (χ3n) is 4.21. The number of rotatable bonds is 3. The molecule has 1 aromatic rings. The fraction of sp³-hybridized carbons (Fsp3) is 0.571. The van der Waals surface area contributed by atoms with Crippen molar-refractivity contribution in [2.24, 2.45) is 11.1 Å². The summed E-state index contributed by atoms with van der Waals surface area (Å²) in [5.74, 6) is 0.0266. The van der Waals surface area contributed by atoms with Crippen LogP contribution in [-0.2, 0) is 0 Å². The lowest BCUT2D eigenvalue weighted by Gasteiger charge is -2.39. The molecule has 1 aliphatic rings. The van der Waals surface area contributed by atoms with Crippen molar-refractivity contribution in [3.63, 3.8) is 0 Å². The van der Waals surface area contributed by atoms with E-state index in [1.165, 1.54) is 19.3 Å². The summed E-state index contributed by atoms with van der Waals surface area (Å²) in [6.07, 6.45) is 5.55. The quantitative estimate of drug-likeness (QED) is 0.635. The van der Waals surface area contributed by atoms with Crippen LogP contribution in [0.1, 0.15) is 38.8 Å². The normalized spacial score (nSPS) is 18.7. The smallest absolute Gasteiger partial charge is 0.141 e. The summed E-state index contributed by atoms with van der Waals surface area (Å²) in [5, 5.41) is 7.33. The van der Waals surface area contributed by atoms with Crippen molar-refractivity contribution in [1.82, 2.24) is 4.98 Å². The highest BCUT2D eigenvalue weighted by atomic mass is 15.1. The fourth-order valence-electron chi connectivity index (χ4n) is 2.39. The summed E-state index contributed by atoms with van der Waals surface area (Å²) < 4.78 is 0. The molecular formula is C14H22N4. The summed E-state index contributed by atoms with van der Waals surface area (Å²) >= 11 is 0. The Morgan fingerprint density at radius 2 is 2.11 bits per heavy atom. The second-order valence-electron chi connectivity index (χ2n) is 5.47. The number of piperidine rings is 1. The first-order chi connectivity index (χ1) is 8.54. The van der Waals surface area contributed by atoms with Crippen LogP contribution in [0.15, 0.2) is 18.3 Å². The van der Waals surface area contributed by atoms with Gasteiger partial charge in [-0.3, -0.25) is 10.4 Å². The number of nitrogens with two attached hydrogens (primary N) is 1. The molecule has 0 saturated carbocycles. The minimum Gasteiger partial charge on any atom is -0.382 e. The maximum atomic E-state index is 7.33. The Balaban J connectivity index is 2.03. The summed E-state index contributed by atoms with van der Waals surface area (Å²) in [6, 6.07) is 3.84. The van der Waals surface area contributed by atoms with Crippen molar-refractivity contribution in [3.05, 3.63) is 24.0 Å². The molecule has 3 N–H and O–H groups in total. The van der Waals surface area contributed by atoms with Gasteiger partial charge in [0, 0.05) is 13.1 Å². The first kappa shape index (κ1) is 12.9. The molecule has 1 aliphatic heterocycles. The number of nitrogen functional groups attached to an aromatic ring is 1. The molecule has 0 unspecified atom stereocenters. The molecule has 0 spiro atoms. The zero-order valence-corrected chi connectivity index (χ0v) is 11.2. The standard InChI is InChI=1S/C14H22N4/c1-3-14(2)6-8-18(9-7-14)11-4-5-12(13(15)16)17-10-11/h4-5,10H,3,6-9H2,1-2H3,(H3,15,16). The Bertz CT molecular complexity index is 416. The van der Waals surface area contributed by atoms with Crippen LogP contribution < -0.4 is 10.6 Å². The van der Waals surface area contributed by atoms with E-state index in [9.17, 15) is 0 Å². The van der Waals surface area contributed by atoms with E-state index in [0.29, 0.717) is 11.1 Å². The minimum absolute atomic E-state index is 0.0266. The van der Waals surface area contributed by atoms with Crippen LogP contribution in [0.5, 0.6) is 0 Å². The summed E-state index contributed by atoms with van der Waals surface area (Å²) in [5.41, 5.74) is 7.59. The van der Waals surface area contributed by atoms with E-state index in [4.69, 9.17) is 11.1 Å². The summed E-state index contributed by atoms with van der Waals surface area (Å²) in [4.78, 5) is 6.59. The monoisotopic (exact) mass is 246 g/mol. The number of hydrogen-bond acceptors (Lipinski definition) is 3. The second kappa shape index (κ2) is 4.96. The molecule has 1 aromatic heterocycles. The van der Waals surface area contributed by atoms with E-state index in [1.54, 1.807) is 0 Å². The van der Waals surface area contributed by atoms with E-state index in [-0.39, 0.29) is 5.84 Å². The summed E-state index contributed by atoms with van der Waals surface area (Å²) in [6.45, 7) is 6.83. The predicted molar refractivity (Wildman–Crippen MR) is 75.1 cm³/mol. The van der Waals surface area contributed by atoms with Gasteiger partial charge in [0.2, 0.25) is 0 Å². The molecule has 2 rings (SSSR count). The molecule has 0 atom stereocenters. The number of nitrogens with zero attached hydrogens (tertiary/aromatic N) is 2. The molecule has 0 radical (unpaired) electrons. The SMILES string of the molecule is CCC1(C)CCN(c2ccc(C(=N)N)nc2)CC1. The largest absolute Gasteiger partial charge is 0.382 e. The van der Waals surface area contributed by atoms with E-state index in [2.05, 4.69) is 23.7 Å². The fourth-order valence-corrected chi connectivity index (χ4v) is 2.39. The molecule has 18 heavy (non-hydrogen) atoms. The average Bonchev–Trinajstić information content (AvgIpc) is 2.40. The van der Waals surface area contributed by atoms with Crippen LogP contribution in [0.4, 0.5) is 5.69 Å². The molecule has 2 heterocycles. The van der Waals surface area contributed by atoms with E-state index in [1.807, 2.05) is 18.3 Å². The van der Waals surface area contributed by atoms with E-state index in [0.717, 1.165) is 18.8 Å². The van der Waals surface area contributed by atoms with E-state index < -0.39 is 0 Å². The Morgan fingerprint density at radius 3 is 2.56 bits per heavy atom. The van der Waals surface area contributed by atoms with Crippen molar-refractivity contribution in [3.8, 4) is 0 Å². The molecule has 0 aromatic carbocycles. The van der Waals surface area contributed by atoms with Crippen LogP contribution in [0, 0.1) is 10.8 Å². The van der Waals surface area contributed by atoms with Crippen molar-refractivity contribution < 1.29 is 0 Å². The molecule has 0 bridgehead atoms. The van der Waals surface area contributed by atoms with Gasteiger partial charge in [0.15, 0.2) is 0 Å². The van der Waals surface area contributed by atoms with Crippen molar-refractivity contribution in [1.29, 1.82) is 5.41 Å². The summed E-state index contributed by atoms with van der Waals surface area (Å²) in [7, 11) is 0. The number of hydrogen-bond donors (Lipinski definition) is 2. The third kappa shape index (κ3) is 2.63. The van der Waals surface area contributed by atoms with Gasteiger partial charge in [-0.25, -0.2) is 0 Å². The third-order valence-corrected chi connectivity index (χ3v) is 4.21. The maximum Gasteiger partial charge on any atom is 0.141 e. The zero-order valence-electron chi connectivity index (χ0n) is 11.2. The lowest BCUT2D eigenvalue weighted by Crippen LogP contribution is -2.38. The van der Waals surface area contributed by atoms with E-state index >= 15 is 0 Å². The van der Waals surface area contributed by atoms with Crippen LogP contribution in [0.2, 0.25) is 0 Å². The molecule has 1 saturated heterocycles. The molecule has 4 nitrogen and oxygen atoms in total. The second-order valence-corrected chi connectivity index (χ2v) is 5.47. The zero-order chi connectivity index (χ0) is 13.2. The number of nitrogens with one attached hydrogen (secondary N) is 1. The molecule has 1 fully saturated rings. The Kier molecular flexibility index (Phi) is 3.55. The van der Waals surface area contributed by atoms with Crippen molar-refractivity contribution in [2.75, 3.05) is 18.0 Å². The lowest BCUT2D eigenvalue weighted by atomic mass is 9.78. The van der Waals surface area contributed by atoms with Gasteiger partial charge in [-0.1, -0.05) is 20.3 Å². The average molecular weight is 246 g/mol. The molecule has 4 heteroatoms. The van der Waals surface area contributed by atoms with Crippen LogP contribution >= 0.6 is 0 Å². The predicted octanol–water partition coefficient (Wildman–Crippen LogP) is 2.38. The van der Waals surface area contributed by atoms with Gasteiger partial charge in [-0.15, -0.1) is 0 Å². The van der Waals surface area contributed by atoms with Gasteiger partial charge in [0.25, 0.3) is 0 Å².